The van der Waals surface area contributed by atoms with Crippen molar-refractivity contribution in [2.45, 2.75) is 31.1 Å². The van der Waals surface area contributed by atoms with Gasteiger partial charge in [-0.1, -0.05) is 39.0 Å². The van der Waals surface area contributed by atoms with Gasteiger partial charge in [-0.15, -0.1) is 0 Å². The monoisotopic (exact) mass is 429 g/mol. The van der Waals surface area contributed by atoms with Gasteiger partial charge in [0, 0.05) is 51.5 Å². The maximum Gasteiger partial charge on any atom is 0.254 e. The number of benzene rings is 2. The molecular formula is C23H31N3O3S. The number of carbonyl (C=O) groups is 1. The highest BCUT2D eigenvalue weighted by Gasteiger charge is 2.30. The van der Waals surface area contributed by atoms with E-state index in [4.69, 9.17) is 0 Å². The number of hydrogen-bond donors (Lipinski definition) is 0. The van der Waals surface area contributed by atoms with Gasteiger partial charge in [0.25, 0.3) is 5.91 Å². The number of piperazine rings is 1. The lowest BCUT2D eigenvalue weighted by molar-refractivity contribution is 0.0698. The Balaban J connectivity index is 1.68. The quantitative estimate of drug-likeness (QED) is 0.749. The summed E-state index contributed by atoms with van der Waals surface area (Å²) in [5.74, 6) is -0.0646. The maximum absolute atomic E-state index is 13.0. The SMILES string of the molecule is CN(C)c1cccc(C(=O)N2CCN(S(=O)(=O)c3ccc(C(C)(C)C)cc3)CC2)c1. The molecule has 0 N–H and O–H groups in total. The highest BCUT2D eigenvalue weighted by atomic mass is 32.2. The van der Waals surface area contributed by atoms with Crippen molar-refractivity contribution in [1.82, 2.24) is 9.21 Å². The molecule has 0 atom stereocenters. The lowest BCUT2D eigenvalue weighted by atomic mass is 9.87. The number of hydrogen-bond acceptors (Lipinski definition) is 4. The molecule has 30 heavy (non-hydrogen) atoms. The van der Waals surface area contributed by atoms with Gasteiger partial charge < -0.3 is 9.80 Å². The second-order valence-electron chi connectivity index (χ2n) is 8.92. The number of amides is 1. The van der Waals surface area contributed by atoms with Crippen molar-refractivity contribution in [2.24, 2.45) is 0 Å². The van der Waals surface area contributed by atoms with Gasteiger partial charge in [-0.05, 0) is 41.3 Å². The zero-order valence-corrected chi connectivity index (χ0v) is 19.2. The van der Waals surface area contributed by atoms with E-state index in [-0.39, 0.29) is 11.3 Å². The van der Waals surface area contributed by atoms with Crippen molar-refractivity contribution in [3.8, 4) is 0 Å². The lowest BCUT2D eigenvalue weighted by Gasteiger charge is -2.34. The number of carbonyl (C=O) groups excluding carboxylic acids is 1. The van der Waals surface area contributed by atoms with Crippen LogP contribution < -0.4 is 4.90 Å². The summed E-state index contributed by atoms with van der Waals surface area (Å²) in [5.41, 5.74) is 2.64. The summed E-state index contributed by atoms with van der Waals surface area (Å²) in [6.07, 6.45) is 0. The zero-order chi connectivity index (χ0) is 22.1. The van der Waals surface area contributed by atoms with Crippen LogP contribution in [0.15, 0.2) is 53.4 Å². The molecule has 0 aliphatic carbocycles. The van der Waals surface area contributed by atoms with E-state index in [0.29, 0.717) is 36.6 Å². The van der Waals surface area contributed by atoms with E-state index in [9.17, 15) is 13.2 Å². The van der Waals surface area contributed by atoms with E-state index in [1.54, 1.807) is 23.1 Å². The van der Waals surface area contributed by atoms with E-state index >= 15 is 0 Å². The number of rotatable bonds is 4. The molecule has 162 valence electrons. The largest absolute Gasteiger partial charge is 0.378 e. The van der Waals surface area contributed by atoms with Gasteiger partial charge in [0.1, 0.15) is 0 Å². The molecule has 7 heteroatoms. The minimum atomic E-state index is -3.57. The first-order valence-electron chi connectivity index (χ1n) is 10.2. The van der Waals surface area contributed by atoms with Gasteiger partial charge in [-0.25, -0.2) is 8.42 Å². The highest BCUT2D eigenvalue weighted by Crippen LogP contribution is 2.25. The van der Waals surface area contributed by atoms with Crippen LogP contribution in [0, 0.1) is 0 Å². The second-order valence-corrected chi connectivity index (χ2v) is 10.9. The molecule has 1 heterocycles. The first-order chi connectivity index (χ1) is 14.0. The molecule has 1 aliphatic rings. The summed E-state index contributed by atoms with van der Waals surface area (Å²) in [7, 11) is 0.296. The van der Waals surface area contributed by atoms with Crippen molar-refractivity contribution < 1.29 is 13.2 Å². The molecule has 1 amide bonds. The Hall–Kier alpha value is -2.38. The molecule has 1 fully saturated rings. The maximum atomic E-state index is 13.0. The number of sulfonamides is 1. The second kappa shape index (κ2) is 8.40. The van der Waals surface area contributed by atoms with Gasteiger partial charge in [0.2, 0.25) is 10.0 Å². The van der Waals surface area contributed by atoms with Crippen LogP contribution in [0.2, 0.25) is 0 Å². The molecule has 1 aliphatic heterocycles. The first-order valence-corrected chi connectivity index (χ1v) is 11.6. The molecule has 0 bridgehead atoms. The fourth-order valence-electron chi connectivity index (χ4n) is 3.51. The molecule has 0 spiro atoms. The van der Waals surface area contributed by atoms with Crippen LogP contribution >= 0.6 is 0 Å². The van der Waals surface area contributed by atoms with Gasteiger partial charge in [0.05, 0.1) is 4.90 Å². The van der Waals surface area contributed by atoms with Gasteiger partial charge in [0.15, 0.2) is 0 Å². The van der Waals surface area contributed by atoms with Crippen molar-refractivity contribution in [2.75, 3.05) is 45.2 Å². The van der Waals surface area contributed by atoms with Gasteiger partial charge in [-0.2, -0.15) is 4.31 Å². The third kappa shape index (κ3) is 4.68. The number of anilines is 1. The molecular weight excluding hydrogens is 398 g/mol. The first kappa shape index (κ1) is 22.3. The van der Waals surface area contributed by atoms with E-state index in [1.807, 2.05) is 49.3 Å². The zero-order valence-electron chi connectivity index (χ0n) is 18.4. The minimum Gasteiger partial charge on any atom is -0.378 e. The van der Waals surface area contributed by atoms with E-state index in [2.05, 4.69) is 20.8 Å². The molecule has 2 aromatic carbocycles. The van der Waals surface area contributed by atoms with Gasteiger partial charge >= 0.3 is 0 Å². The topological polar surface area (TPSA) is 60.9 Å². The smallest absolute Gasteiger partial charge is 0.254 e. The molecule has 0 aromatic heterocycles. The molecule has 3 rings (SSSR count). The predicted molar refractivity (Wildman–Crippen MR) is 121 cm³/mol. The van der Waals surface area contributed by atoms with Crippen LogP contribution in [-0.4, -0.2) is 63.8 Å². The molecule has 0 radical (unpaired) electrons. The third-order valence-electron chi connectivity index (χ3n) is 5.49. The predicted octanol–water partition coefficient (Wildman–Crippen LogP) is 3.20. The van der Waals surface area contributed by atoms with E-state index in [1.165, 1.54) is 4.31 Å². The summed E-state index contributed by atoms with van der Waals surface area (Å²) in [6.45, 7) is 7.64. The van der Waals surface area contributed by atoms with Crippen LogP contribution in [-0.2, 0) is 15.4 Å². The molecule has 2 aromatic rings. The summed E-state index contributed by atoms with van der Waals surface area (Å²) < 4.78 is 27.5. The average Bonchev–Trinajstić information content (AvgIpc) is 2.73. The van der Waals surface area contributed by atoms with Crippen LogP contribution in [0.3, 0.4) is 0 Å². The third-order valence-corrected chi connectivity index (χ3v) is 7.41. The van der Waals surface area contributed by atoms with Crippen LogP contribution in [0.5, 0.6) is 0 Å². The summed E-state index contributed by atoms with van der Waals surface area (Å²) in [5, 5.41) is 0. The normalized spacial score (nSPS) is 15.8. The van der Waals surface area contributed by atoms with Crippen LogP contribution in [0.1, 0.15) is 36.7 Å². The van der Waals surface area contributed by atoms with Gasteiger partial charge in [-0.3, -0.25) is 4.79 Å². The van der Waals surface area contributed by atoms with Crippen molar-refractivity contribution in [3.05, 3.63) is 59.7 Å². The van der Waals surface area contributed by atoms with Crippen molar-refractivity contribution in [3.63, 3.8) is 0 Å². The molecule has 6 nitrogen and oxygen atoms in total. The Morgan fingerprint density at radius 1 is 0.933 bits per heavy atom. The average molecular weight is 430 g/mol. The summed E-state index contributed by atoms with van der Waals surface area (Å²) in [4.78, 5) is 16.8. The fourth-order valence-corrected chi connectivity index (χ4v) is 4.93. The van der Waals surface area contributed by atoms with Crippen molar-refractivity contribution in [1.29, 1.82) is 0 Å². The van der Waals surface area contributed by atoms with E-state index in [0.717, 1.165) is 11.3 Å². The fraction of sp³-hybridized carbons (Fsp3) is 0.435. The van der Waals surface area contributed by atoms with E-state index < -0.39 is 10.0 Å². The Kier molecular flexibility index (Phi) is 6.24. The molecule has 1 saturated heterocycles. The Morgan fingerprint density at radius 2 is 1.53 bits per heavy atom. The van der Waals surface area contributed by atoms with Crippen LogP contribution in [0.25, 0.3) is 0 Å². The lowest BCUT2D eigenvalue weighted by Crippen LogP contribution is -2.50. The Labute approximate surface area is 180 Å². The van der Waals surface area contributed by atoms with Crippen LogP contribution in [0.4, 0.5) is 5.69 Å². The number of nitrogens with zero attached hydrogens (tertiary/aromatic N) is 3. The summed E-state index contributed by atoms with van der Waals surface area (Å²) in [6, 6.07) is 14.6. The Morgan fingerprint density at radius 3 is 2.07 bits per heavy atom. The highest BCUT2D eigenvalue weighted by molar-refractivity contribution is 7.89. The standard InChI is InChI=1S/C23H31N3O3S/c1-23(2,3)19-9-11-21(12-10-19)30(28,29)26-15-13-25(14-16-26)22(27)18-7-6-8-20(17-18)24(4)5/h6-12,17H,13-16H2,1-5H3. The van der Waals surface area contributed by atoms with Crippen molar-refractivity contribution >= 4 is 21.6 Å². The summed E-state index contributed by atoms with van der Waals surface area (Å²) >= 11 is 0. The minimum absolute atomic E-state index is 0.0296. The molecule has 0 unspecified atom stereocenters. The molecule has 0 saturated carbocycles. The Bertz CT molecular complexity index is 1000.